The molecule has 1 saturated heterocycles. The van der Waals surface area contributed by atoms with Gasteiger partial charge in [0.25, 0.3) is 0 Å². The third-order valence-electron chi connectivity index (χ3n) is 4.00. The molecule has 0 amide bonds. The molecule has 0 unspecified atom stereocenters. The Morgan fingerprint density at radius 2 is 2.12 bits per heavy atom. The highest BCUT2D eigenvalue weighted by molar-refractivity contribution is 7.12. The fraction of sp³-hybridized carbons (Fsp3) is 0.450. The van der Waals surface area contributed by atoms with E-state index >= 15 is 0 Å². The van der Waals surface area contributed by atoms with Crippen LogP contribution >= 0.6 is 11.3 Å². The summed E-state index contributed by atoms with van der Waals surface area (Å²) in [4.78, 5) is 8.87. The number of thiophene rings is 1. The van der Waals surface area contributed by atoms with Crippen molar-refractivity contribution >= 4 is 11.3 Å². The summed E-state index contributed by atoms with van der Waals surface area (Å²) in [5.41, 5.74) is -0.944. The molecule has 3 heterocycles. The number of likely N-dealkylation sites (tertiary alicyclic amines) is 1. The van der Waals surface area contributed by atoms with Crippen molar-refractivity contribution in [2.75, 3.05) is 13.1 Å². The molecule has 132 valence electrons. The average molecular weight is 356 g/mol. The molecular weight excluding hydrogens is 332 g/mol. The van der Waals surface area contributed by atoms with E-state index in [9.17, 15) is 5.11 Å². The van der Waals surface area contributed by atoms with E-state index in [1.807, 2.05) is 18.2 Å². The third-order valence-corrected chi connectivity index (χ3v) is 4.99. The maximum Gasteiger partial charge on any atom is 0.137 e. The fourth-order valence-corrected chi connectivity index (χ4v) is 3.66. The first-order chi connectivity index (χ1) is 12.0. The molecule has 3 rings (SSSR count). The summed E-state index contributed by atoms with van der Waals surface area (Å²) in [6.07, 6.45) is 5.87. The van der Waals surface area contributed by atoms with Crippen LogP contribution in [0.15, 0.2) is 36.7 Å². The van der Waals surface area contributed by atoms with Crippen LogP contribution < -0.4 is 4.74 Å². The van der Waals surface area contributed by atoms with Crippen LogP contribution in [0, 0.1) is 11.8 Å². The van der Waals surface area contributed by atoms with Crippen molar-refractivity contribution in [3.05, 3.63) is 46.4 Å². The lowest BCUT2D eigenvalue weighted by molar-refractivity contribution is 0.0970. The first-order valence-corrected chi connectivity index (χ1v) is 9.43. The van der Waals surface area contributed by atoms with Crippen molar-refractivity contribution in [2.24, 2.45) is 0 Å². The average Bonchev–Trinajstić information content (AvgIpc) is 3.03. The van der Waals surface area contributed by atoms with Gasteiger partial charge in [0.2, 0.25) is 0 Å². The molecule has 1 N–H and O–H groups in total. The van der Waals surface area contributed by atoms with Crippen LogP contribution in [0.2, 0.25) is 0 Å². The monoisotopic (exact) mass is 356 g/mol. The topological polar surface area (TPSA) is 45.6 Å². The van der Waals surface area contributed by atoms with Gasteiger partial charge in [-0.25, -0.2) is 0 Å². The Morgan fingerprint density at radius 3 is 2.80 bits per heavy atom. The minimum atomic E-state index is -0.944. The second kappa shape index (κ2) is 8.01. The van der Waals surface area contributed by atoms with Crippen molar-refractivity contribution in [1.29, 1.82) is 0 Å². The zero-order chi connectivity index (χ0) is 17.7. The molecule has 2 aromatic heterocycles. The Balaban J connectivity index is 1.47. The summed E-state index contributed by atoms with van der Waals surface area (Å²) in [7, 11) is 0. The lowest BCUT2D eigenvalue weighted by Gasteiger charge is -2.31. The second-order valence-corrected chi connectivity index (χ2v) is 8.03. The van der Waals surface area contributed by atoms with Crippen LogP contribution in [0.4, 0.5) is 0 Å². The van der Waals surface area contributed by atoms with Crippen molar-refractivity contribution in [2.45, 2.75) is 44.9 Å². The first kappa shape index (κ1) is 17.9. The van der Waals surface area contributed by atoms with Crippen molar-refractivity contribution in [3.63, 3.8) is 0 Å². The summed E-state index contributed by atoms with van der Waals surface area (Å²) in [6.45, 7) is 6.42. The van der Waals surface area contributed by atoms with Crippen LogP contribution in [-0.4, -0.2) is 39.8 Å². The van der Waals surface area contributed by atoms with Crippen LogP contribution in [0.3, 0.4) is 0 Å². The number of pyridine rings is 1. The maximum absolute atomic E-state index is 9.68. The Kier molecular flexibility index (Phi) is 5.74. The number of aromatic nitrogens is 1. The van der Waals surface area contributed by atoms with Crippen molar-refractivity contribution in [1.82, 2.24) is 9.88 Å². The number of nitrogens with zero attached hydrogens (tertiary/aromatic N) is 2. The van der Waals surface area contributed by atoms with E-state index in [1.54, 1.807) is 37.6 Å². The number of ether oxygens (including phenoxy) is 1. The minimum absolute atomic E-state index is 0.275. The van der Waals surface area contributed by atoms with E-state index in [1.165, 1.54) is 4.88 Å². The zero-order valence-electron chi connectivity index (χ0n) is 14.7. The van der Waals surface area contributed by atoms with Gasteiger partial charge in [-0.3, -0.25) is 9.88 Å². The molecule has 0 spiro atoms. The fourth-order valence-electron chi connectivity index (χ4n) is 2.76. The summed E-state index contributed by atoms with van der Waals surface area (Å²) in [5.74, 6) is 6.77. The largest absolute Gasteiger partial charge is 0.489 e. The molecule has 2 aromatic rings. The highest BCUT2D eigenvalue weighted by Crippen LogP contribution is 2.22. The van der Waals surface area contributed by atoms with Crippen LogP contribution in [0.5, 0.6) is 5.75 Å². The highest BCUT2D eigenvalue weighted by atomic mass is 32.1. The van der Waals surface area contributed by atoms with E-state index in [4.69, 9.17) is 4.74 Å². The molecule has 1 aliphatic rings. The molecule has 0 aromatic carbocycles. The van der Waals surface area contributed by atoms with Gasteiger partial charge in [0, 0.05) is 30.7 Å². The van der Waals surface area contributed by atoms with Gasteiger partial charge >= 0.3 is 0 Å². The van der Waals surface area contributed by atoms with Crippen LogP contribution in [0.1, 0.15) is 36.4 Å². The number of aliphatic hydroxyl groups is 1. The summed E-state index contributed by atoms with van der Waals surface area (Å²) in [5, 5.41) is 9.68. The summed E-state index contributed by atoms with van der Waals surface area (Å²) < 4.78 is 5.99. The SMILES string of the molecule is CC(C)(O)C#Cc1ccc(CN2CCC(Oc3cccnc3)CC2)s1. The minimum Gasteiger partial charge on any atom is -0.489 e. The maximum atomic E-state index is 9.68. The van der Waals surface area contributed by atoms with Gasteiger partial charge in [-0.15, -0.1) is 11.3 Å². The first-order valence-electron chi connectivity index (χ1n) is 8.61. The predicted octanol–water partition coefficient (Wildman–Crippen LogP) is 3.31. The third kappa shape index (κ3) is 5.86. The lowest BCUT2D eigenvalue weighted by Crippen LogP contribution is -2.37. The number of rotatable bonds is 4. The molecule has 0 saturated carbocycles. The molecule has 0 aliphatic carbocycles. The number of piperidine rings is 1. The smallest absolute Gasteiger partial charge is 0.137 e. The normalized spacial score (nSPS) is 16.3. The van der Waals surface area contributed by atoms with Gasteiger partial charge in [0.15, 0.2) is 0 Å². The van der Waals surface area contributed by atoms with E-state index in [2.05, 4.69) is 27.8 Å². The zero-order valence-corrected chi connectivity index (χ0v) is 15.6. The van der Waals surface area contributed by atoms with Gasteiger partial charge in [-0.1, -0.05) is 11.8 Å². The molecule has 0 bridgehead atoms. The van der Waals surface area contributed by atoms with Crippen LogP contribution in [-0.2, 0) is 6.54 Å². The molecule has 25 heavy (non-hydrogen) atoms. The number of hydrogen-bond acceptors (Lipinski definition) is 5. The van der Waals surface area contributed by atoms with Crippen molar-refractivity contribution < 1.29 is 9.84 Å². The summed E-state index contributed by atoms with van der Waals surface area (Å²) >= 11 is 1.70. The number of hydrogen-bond donors (Lipinski definition) is 1. The van der Waals surface area contributed by atoms with Gasteiger partial charge in [-0.05, 0) is 51.0 Å². The van der Waals surface area contributed by atoms with E-state index < -0.39 is 5.60 Å². The Bertz CT molecular complexity index is 732. The predicted molar refractivity (Wildman–Crippen MR) is 101 cm³/mol. The molecule has 4 nitrogen and oxygen atoms in total. The van der Waals surface area contributed by atoms with Gasteiger partial charge in [-0.2, -0.15) is 0 Å². The molecular formula is C20H24N2O2S. The Morgan fingerprint density at radius 1 is 1.32 bits per heavy atom. The van der Waals surface area contributed by atoms with E-state index in [0.29, 0.717) is 0 Å². The molecule has 1 aliphatic heterocycles. The Labute approximate surface area is 153 Å². The van der Waals surface area contributed by atoms with Gasteiger partial charge < -0.3 is 9.84 Å². The molecule has 0 radical (unpaired) electrons. The van der Waals surface area contributed by atoms with Crippen LogP contribution in [0.25, 0.3) is 0 Å². The summed E-state index contributed by atoms with van der Waals surface area (Å²) in [6, 6.07) is 8.04. The van der Waals surface area contributed by atoms with Gasteiger partial charge in [0.05, 0.1) is 11.1 Å². The highest BCUT2D eigenvalue weighted by Gasteiger charge is 2.21. The van der Waals surface area contributed by atoms with E-state index in [0.717, 1.165) is 43.1 Å². The molecule has 0 atom stereocenters. The van der Waals surface area contributed by atoms with Gasteiger partial charge in [0.1, 0.15) is 17.5 Å². The van der Waals surface area contributed by atoms with E-state index in [-0.39, 0.29) is 6.10 Å². The lowest BCUT2D eigenvalue weighted by atomic mass is 10.1. The standard InChI is InChI=1S/C20H24N2O2S/c1-20(2,23)10-7-18-5-6-19(25-18)15-22-12-8-16(9-13-22)24-17-4-3-11-21-14-17/h3-6,11,14,16,23H,8-9,12-13,15H2,1-2H3. The Hall–Kier alpha value is -1.87. The molecule has 1 fully saturated rings. The second-order valence-electron chi connectivity index (χ2n) is 6.86. The van der Waals surface area contributed by atoms with Crippen molar-refractivity contribution in [3.8, 4) is 17.6 Å². The molecule has 5 heteroatoms. The quantitative estimate of drug-likeness (QED) is 0.854.